The summed E-state index contributed by atoms with van der Waals surface area (Å²) < 4.78 is 15.0. The molecule has 0 spiro atoms. The van der Waals surface area contributed by atoms with E-state index in [4.69, 9.17) is 8.83 Å². The molecule has 0 saturated carbocycles. The number of fused-ring (bicyclic) bond motifs is 10. The minimum absolute atomic E-state index is 0.817. The fourth-order valence-electron chi connectivity index (χ4n) is 8.31. The average Bonchev–Trinajstić information content (AvgIpc) is 3.88. The molecule has 8 aromatic carbocycles. The smallest absolute Gasteiger partial charge is 0.147 e. The second-order valence-corrected chi connectivity index (χ2v) is 12.8. The topological polar surface area (TPSA) is 31.2 Å². The second kappa shape index (κ2) is 9.96. The zero-order valence-electron chi connectivity index (χ0n) is 26.4. The molecule has 0 radical (unpaired) electrons. The first-order chi connectivity index (χ1) is 24.3. The van der Waals surface area contributed by atoms with Crippen LogP contribution in [0.2, 0.25) is 0 Å². The van der Waals surface area contributed by atoms with E-state index in [-0.39, 0.29) is 0 Å². The molecule has 0 amide bonds. The molecule has 3 heteroatoms. The molecule has 11 aromatic rings. The summed E-state index contributed by atoms with van der Waals surface area (Å²) in [5, 5.41) is 10.5. The van der Waals surface area contributed by atoms with Gasteiger partial charge in [0.2, 0.25) is 0 Å². The molecular weight excluding hydrogens is 599 g/mol. The molecule has 0 fully saturated rings. The largest absolute Gasteiger partial charge is 0.464 e. The molecular formula is C46H27NO2. The van der Waals surface area contributed by atoms with Crippen molar-refractivity contribution < 1.29 is 8.83 Å². The molecule has 228 valence electrons. The van der Waals surface area contributed by atoms with Crippen LogP contribution in [0.5, 0.6) is 0 Å². The lowest BCUT2D eigenvalue weighted by Crippen LogP contribution is -1.94. The third-order valence-corrected chi connectivity index (χ3v) is 10.3. The Morgan fingerprint density at radius 2 is 0.980 bits per heavy atom. The van der Waals surface area contributed by atoms with Crippen LogP contribution < -0.4 is 0 Å². The summed E-state index contributed by atoms with van der Waals surface area (Å²) in [4.78, 5) is 0. The highest BCUT2D eigenvalue weighted by Gasteiger charge is 2.24. The maximum Gasteiger partial charge on any atom is 0.147 e. The summed E-state index contributed by atoms with van der Waals surface area (Å²) in [6, 6.07) is 56.5. The number of hydrogen-bond acceptors (Lipinski definition) is 2. The van der Waals surface area contributed by atoms with Crippen LogP contribution in [0.25, 0.3) is 104 Å². The van der Waals surface area contributed by atoms with Crippen LogP contribution in [-0.2, 0) is 0 Å². The van der Waals surface area contributed by atoms with Gasteiger partial charge in [-0.25, -0.2) is 0 Å². The van der Waals surface area contributed by atoms with E-state index in [9.17, 15) is 0 Å². The average molecular weight is 626 g/mol. The molecule has 49 heavy (non-hydrogen) atoms. The molecule has 3 nitrogen and oxygen atoms in total. The number of hydrogen-bond donors (Lipinski definition) is 0. The summed E-state index contributed by atoms with van der Waals surface area (Å²) >= 11 is 0. The van der Waals surface area contributed by atoms with Crippen molar-refractivity contribution in [1.29, 1.82) is 0 Å². The van der Waals surface area contributed by atoms with E-state index in [1.54, 1.807) is 6.26 Å². The third kappa shape index (κ3) is 3.62. The van der Waals surface area contributed by atoms with Crippen molar-refractivity contribution in [2.24, 2.45) is 0 Å². The van der Waals surface area contributed by atoms with Crippen molar-refractivity contribution in [2.45, 2.75) is 0 Å². The maximum atomic E-state index is 6.57. The number of para-hydroxylation sites is 3. The van der Waals surface area contributed by atoms with E-state index < -0.39 is 0 Å². The summed E-state index contributed by atoms with van der Waals surface area (Å²) in [5.41, 5.74) is 10.9. The predicted molar refractivity (Wildman–Crippen MR) is 204 cm³/mol. The molecule has 0 unspecified atom stereocenters. The van der Waals surface area contributed by atoms with E-state index in [0.717, 1.165) is 44.2 Å². The molecule has 3 aromatic heterocycles. The van der Waals surface area contributed by atoms with E-state index in [1.165, 1.54) is 60.0 Å². The molecule has 3 heterocycles. The Kier molecular flexibility index (Phi) is 5.38. The second-order valence-electron chi connectivity index (χ2n) is 12.8. The normalized spacial score (nSPS) is 12.1. The van der Waals surface area contributed by atoms with Crippen molar-refractivity contribution in [3.63, 3.8) is 0 Å². The van der Waals surface area contributed by atoms with Crippen LogP contribution in [0.15, 0.2) is 173 Å². The molecule has 0 bridgehead atoms. The van der Waals surface area contributed by atoms with Gasteiger partial charge in [0, 0.05) is 27.2 Å². The molecule has 0 aliphatic carbocycles. The zero-order chi connectivity index (χ0) is 32.1. The first-order valence-electron chi connectivity index (χ1n) is 16.7. The minimum atomic E-state index is 0.817. The Labute approximate surface area is 280 Å². The Bertz CT molecular complexity index is 3050. The Balaban J connectivity index is 1.32. The van der Waals surface area contributed by atoms with E-state index in [1.807, 2.05) is 12.1 Å². The van der Waals surface area contributed by atoms with Crippen LogP contribution in [-0.4, -0.2) is 4.57 Å². The van der Waals surface area contributed by atoms with Gasteiger partial charge < -0.3 is 13.4 Å². The first-order valence-corrected chi connectivity index (χ1v) is 16.7. The number of rotatable bonds is 3. The standard InChI is InChI=1S/C46H27NO2/c1-2-13-28(14-3-1)47-38-22-10-8-19-33(38)44-36(21-12-23-39(44)47)42-29-15-4-6-17-31(29)43(32-18-7-5-16-30(32)42)37-27-41-35(25-26-48-41)46-45(37)34-20-9-11-24-40(34)49-46/h1-27H. The highest BCUT2D eigenvalue weighted by Crippen LogP contribution is 2.50. The highest BCUT2D eigenvalue weighted by atomic mass is 16.3. The lowest BCUT2D eigenvalue weighted by molar-refractivity contribution is 0.615. The Hall–Kier alpha value is -6.58. The van der Waals surface area contributed by atoms with Crippen LogP contribution in [0.1, 0.15) is 0 Å². The SMILES string of the molecule is c1ccc(-n2c3ccccc3c3c(-c4c5ccccc5c(-c5cc6occc6c6oc7ccccc7c56)c5ccccc45)cccc32)cc1. The van der Waals surface area contributed by atoms with Gasteiger partial charge in [-0.05, 0) is 86.3 Å². The van der Waals surface area contributed by atoms with Crippen LogP contribution in [0, 0.1) is 0 Å². The minimum Gasteiger partial charge on any atom is -0.464 e. The van der Waals surface area contributed by atoms with Gasteiger partial charge in [0.15, 0.2) is 0 Å². The van der Waals surface area contributed by atoms with Gasteiger partial charge in [0.25, 0.3) is 0 Å². The van der Waals surface area contributed by atoms with Crippen LogP contribution >= 0.6 is 0 Å². The predicted octanol–water partition coefficient (Wildman–Crippen LogP) is 13.1. The Morgan fingerprint density at radius 3 is 1.71 bits per heavy atom. The van der Waals surface area contributed by atoms with Gasteiger partial charge in [-0.1, -0.05) is 115 Å². The first kappa shape index (κ1) is 26.5. The lowest BCUT2D eigenvalue weighted by atomic mass is 9.84. The van der Waals surface area contributed by atoms with Crippen molar-refractivity contribution in [2.75, 3.05) is 0 Å². The van der Waals surface area contributed by atoms with Crippen LogP contribution in [0.3, 0.4) is 0 Å². The number of nitrogens with zero attached hydrogens (tertiary/aromatic N) is 1. The fourth-order valence-corrected chi connectivity index (χ4v) is 8.31. The maximum absolute atomic E-state index is 6.57. The monoisotopic (exact) mass is 625 g/mol. The van der Waals surface area contributed by atoms with Gasteiger partial charge >= 0.3 is 0 Å². The lowest BCUT2D eigenvalue weighted by Gasteiger charge is -2.19. The van der Waals surface area contributed by atoms with E-state index in [2.05, 4.69) is 150 Å². The van der Waals surface area contributed by atoms with Gasteiger partial charge in [0.1, 0.15) is 16.7 Å². The van der Waals surface area contributed by atoms with E-state index in [0.29, 0.717) is 0 Å². The summed E-state index contributed by atoms with van der Waals surface area (Å²) in [6.45, 7) is 0. The summed E-state index contributed by atoms with van der Waals surface area (Å²) in [7, 11) is 0. The quantitative estimate of drug-likeness (QED) is 0.183. The summed E-state index contributed by atoms with van der Waals surface area (Å²) in [6.07, 6.45) is 1.76. The van der Waals surface area contributed by atoms with Crippen molar-refractivity contribution in [3.8, 4) is 27.9 Å². The van der Waals surface area contributed by atoms with Crippen molar-refractivity contribution in [1.82, 2.24) is 4.57 Å². The molecule has 0 saturated heterocycles. The zero-order valence-corrected chi connectivity index (χ0v) is 26.4. The van der Waals surface area contributed by atoms with Gasteiger partial charge in [-0.15, -0.1) is 0 Å². The van der Waals surface area contributed by atoms with Gasteiger partial charge in [-0.3, -0.25) is 0 Å². The summed E-state index contributed by atoms with van der Waals surface area (Å²) in [5.74, 6) is 0. The van der Waals surface area contributed by atoms with Crippen molar-refractivity contribution in [3.05, 3.63) is 164 Å². The number of benzene rings is 8. The van der Waals surface area contributed by atoms with Gasteiger partial charge in [0.05, 0.1) is 22.7 Å². The van der Waals surface area contributed by atoms with Crippen LogP contribution in [0.4, 0.5) is 0 Å². The molecule has 0 atom stereocenters. The fraction of sp³-hybridized carbons (Fsp3) is 0. The molecule has 11 rings (SSSR count). The third-order valence-electron chi connectivity index (χ3n) is 10.3. The Morgan fingerprint density at radius 1 is 0.388 bits per heavy atom. The highest BCUT2D eigenvalue weighted by molar-refractivity contribution is 6.30. The molecule has 0 N–H and O–H groups in total. The van der Waals surface area contributed by atoms with Gasteiger partial charge in [-0.2, -0.15) is 0 Å². The number of aromatic nitrogens is 1. The number of furan rings is 2. The molecule has 0 aliphatic heterocycles. The molecule has 0 aliphatic rings. The van der Waals surface area contributed by atoms with Crippen molar-refractivity contribution >= 4 is 76.3 Å². The van der Waals surface area contributed by atoms with E-state index >= 15 is 0 Å².